The lowest BCUT2D eigenvalue weighted by Crippen LogP contribution is -2.35. The molecule has 0 aromatic heterocycles. The average molecular weight is 420 g/mol. The van der Waals surface area contributed by atoms with Crippen LogP contribution in [0.2, 0.25) is 0 Å². The lowest BCUT2D eigenvalue weighted by atomic mass is 10.2. The first kappa shape index (κ1) is 21.3. The third-order valence-electron chi connectivity index (χ3n) is 5.02. The van der Waals surface area contributed by atoms with Crippen molar-refractivity contribution in [1.29, 1.82) is 0 Å². The Labute approximate surface area is 171 Å². The van der Waals surface area contributed by atoms with Crippen molar-refractivity contribution in [2.45, 2.75) is 44.0 Å². The number of sulfonamides is 1. The molecule has 1 unspecified atom stereocenters. The third-order valence-corrected chi connectivity index (χ3v) is 6.94. The highest BCUT2D eigenvalue weighted by atomic mass is 32.2. The first-order chi connectivity index (χ1) is 13.8. The fourth-order valence-electron chi connectivity index (χ4n) is 3.21. The molecule has 6 nitrogen and oxygen atoms in total. The molecule has 0 radical (unpaired) electrons. The van der Waals surface area contributed by atoms with Crippen LogP contribution < -0.4 is 10.6 Å². The van der Waals surface area contributed by atoms with E-state index in [0.717, 1.165) is 19.3 Å². The SMILES string of the molecule is Cc1ccc(NC(C)C(=O)Nc2ccc(S(=O)(=O)N3CCCCC3)cc2)cc1F. The number of benzene rings is 2. The van der Waals surface area contributed by atoms with E-state index in [1.807, 2.05) is 0 Å². The first-order valence-corrected chi connectivity index (χ1v) is 11.1. The average Bonchev–Trinajstić information content (AvgIpc) is 2.72. The Morgan fingerprint density at radius 2 is 1.66 bits per heavy atom. The predicted octanol–water partition coefficient (Wildman–Crippen LogP) is 3.75. The predicted molar refractivity (Wildman–Crippen MR) is 112 cm³/mol. The van der Waals surface area contributed by atoms with Crippen LogP contribution >= 0.6 is 0 Å². The number of nitrogens with zero attached hydrogens (tertiary/aromatic N) is 1. The molecule has 3 rings (SSSR count). The molecule has 0 saturated carbocycles. The summed E-state index contributed by atoms with van der Waals surface area (Å²) in [6, 6.07) is 10.3. The first-order valence-electron chi connectivity index (χ1n) is 9.71. The van der Waals surface area contributed by atoms with Crippen molar-refractivity contribution in [1.82, 2.24) is 4.31 Å². The topological polar surface area (TPSA) is 78.5 Å². The van der Waals surface area contributed by atoms with Crippen LogP contribution in [0.25, 0.3) is 0 Å². The molecule has 1 atom stereocenters. The van der Waals surface area contributed by atoms with E-state index in [1.54, 1.807) is 38.1 Å². The molecule has 1 amide bonds. The maximum atomic E-state index is 13.7. The number of nitrogens with one attached hydrogen (secondary N) is 2. The summed E-state index contributed by atoms with van der Waals surface area (Å²) in [6.45, 7) is 4.43. The van der Waals surface area contributed by atoms with Crippen molar-refractivity contribution in [3.63, 3.8) is 0 Å². The van der Waals surface area contributed by atoms with Crippen molar-refractivity contribution in [2.75, 3.05) is 23.7 Å². The van der Waals surface area contributed by atoms with Gasteiger partial charge < -0.3 is 10.6 Å². The molecule has 0 bridgehead atoms. The van der Waals surface area contributed by atoms with Crippen LogP contribution in [0.1, 0.15) is 31.7 Å². The van der Waals surface area contributed by atoms with E-state index in [-0.39, 0.29) is 16.6 Å². The smallest absolute Gasteiger partial charge is 0.246 e. The maximum Gasteiger partial charge on any atom is 0.246 e. The fourth-order valence-corrected chi connectivity index (χ4v) is 4.73. The number of hydrogen-bond acceptors (Lipinski definition) is 4. The van der Waals surface area contributed by atoms with Gasteiger partial charge in [-0.25, -0.2) is 12.8 Å². The standard InChI is InChI=1S/C21H26FN3O3S/c1-15-6-7-18(14-20(15)22)23-16(2)21(26)24-17-8-10-19(11-9-17)29(27,28)25-12-4-3-5-13-25/h6-11,14,16,23H,3-5,12-13H2,1-2H3,(H,24,26). The Balaban J connectivity index is 1.62. The maximum absolute atomic E-state index is 13.7. The van der Waals surface area contributed by atoms with Crippen molar-refractivity contribution in [2.24, 2.45) is 0 Å². The number of carbonyl (C=O) groups is 1. The quantitative estimate of drug-likeness (QED) is 0.748. The molecule has 2 N–H and O–H groups in total. The van der Waals surface area contributed by atoms with Crippen LogP contribution in [0.5, 0.6) is 0 Å². The zero-order valence-electron chi connectivity index (χ0n) is 16.6. The summed E-state index contributed by atoms with van der Waals surface area (Å²) < 4.78 is 40.5. The third kappa shape index (κ3) is 5.13. The molecular formula is C21H26FN3O3S. The molecule has 0 aliphatic carbocycles. The van der Waals surface area contributed by atoms with Crippen molar-refractivity contribution < 1.29 is 17.6 Å². The van der Waals surface area contributed by atoms with Gasteiger partial charge in [-0.05, 0) is 68.7 Å². The van der Waals surface area contributed by atoms with Gasteiger partial charge in [0.25, 0.3) is 0 Å². The Morgan fingerprint density at radius 1 is 1.03 bits per heavy atom. The number of aryl methyl sites for hydroxylation is 1. The fraction of sp³-hybridized carbons (Fsp3) is 0.381. The Kier molecular flexibility index (Phi) is 6.54. The Bertz CT molecular complexity index is 971. The van der Waals surface area contributed by atoms with Crippen LogP contribution in [0.4, 0.5) is 15.8 Å². The van der Waals surface area contributed by atoms with Crippen molar-refractivity contribution >= 4 is 27.3 Å². The second-order valence-electron chi connectivity index (χ2n) is 7.31. The molecule has 0 spiro atoms. The van der Waals surface area contributed by atoms with Crippen molar-refractivity contribution in [3.8, 4) is 0 Å². The van der Waals surface area contributed by atoms with Crippen molar-refractivity contribution in [3.05, 3.63) is 53.8 Å². The molecule has 1 aliphatic heterocycles. The zero-order chi connectivity index (χ0) is 21.0. The van der Waals surface area contributed by atoms with E-state index in [9.17, 15) is 17.6 Å². The van der Waals surface area contributed by atoms with E-state index < -0.39 is 16.1 Å². The highest BCUT2D eigenvalue weighted by Gasteiger charge is 2.25. The van der Waals surface area contributed by atoms with Crippen LogP contribution in [-0.2, 0) is 14.8 Å². The Morgan fingerprint density at radius 3 is 2.28 bits per heavy atom. The highest BCUT2D eigenvalue weighted by Crippen LogP contribution is 2.22. The van der Waals surface area contributed by atoms with E-state index in [1.165, 1.54) is 22.5 Å². The van der Waals surface area contributed by atoms with Gasteiger partial charge >= 0.3 is 0 Å². The van der Waals surface area contributed by atoms with Gasteiger partial charge in [0, 0.05) is 24.5 Å². The minimum Gasteiger partial charge on any atom is -0.374 e. The summed E-state index contributed by atoms with van der Waals surface area (Å²) in [5, 5.41) is 5.70. The normalized spacial score (nSPS) is 16.2. The van der Waals surface area contributed by atoms with Gasteiger partial charge in [-0.1, -0.05) is 12.5 Å². The molecule has 156 valence electrons. The molecule has 2 aromatic carbocycles. The van der Waals surface area contributed by atoms with Crippen LogP contribution in [0.15, 0.2) is 47.4 Å². The molecule has 29 heavy (non-hydrogen) atoms. The monoisotopic (exact) mass is 419 g/mol. The molecule has 1 heterocycles. The summed E-state index contributed by atoms with van der Waals surface area (Å²) in [5.74, 6) is -0.647. The van der Waals surface area contributed by atoms with E-state index in [2.05, 4.69) is 10.6 Å². The lowest BCUT2D eigenvalue weighted by molar-refractivity contribution is -0.116. The lowest BCUT2D eigenvalue weighted by Gasteiger charge is -2.25. The number of amides is 1. The molecule has 1 fully saturated rings. The van der Waals surface area contributed by atoms with E-state index >= 15 is 0 Å². The van der Waals surface area contributed by atoms with Gasteiger partial charge in [0.15, 0.2) is 0 Å². The zero-order valence-corrected chi connectivity index (χ0v) is 17.4. The molecule has 1 aliphatic rings. The molecular weight excluding hydrogens is 393 g/mol. The summed E-state index contributed by atoms with van der Waals surface area (Å²) in [5.41, 5.74) is 1.54. The number of rotatable bonds is 6. The number of piperidine rings is 1. The van der Waals surface area contributed by atoms with Crippen LogP contribution in [0, 0.1) is 12.7 Å². The molecule has 2 aromatic rings. The summed E-state index contributed by atoms with van der Waals surface area (Å²) in [6.07, 6.45) is 2.81. The summed E-state index contributed by atoms with van der Waals surface area (Å²) >= 11 is 0. The van der Waals surface area contributed by atoms with Crippen LogP contribution in [0.3, 0.4) is 0 Å². The summed E-state index contributed by atoms with van der Waals surface area (Å²) in [4.78, 5) is 12.6. The van der Waals surface area contributed by atoms with E-state index in [0.29, 0.717) is 30.0 Å². The van der Waals surface area contributed by atoms with E-state index in [4.69, 9.17) is 0 Å². The second-order valence-corrected chi connectivity index (χ2v) is 9.25. The molecule has 8 heteroatoms. The van der Waals surface area contributed by atoms with Gasteiger partial charge in [0.2, 0.25) is 15.9 Å². The minimum atomic E-state index is -3.50. The number of carbonyl (C=O) groups excluding carboxylic acids is 1. The van der Waals surface area contributed by atoms with Crippen LogP contribution in [-0.4, -0.2) is 37.8 Å². The van der Waals surface area contributed by atoms with Gasteiger partial charge in [0.05, 0.1) is 4.90 Å². The number of hydrogen-bond donors (Lipinski definition) is 2. The van der Waals surface area contributed by atoms with Gasteiger partial charge in [-0.2, -0.15) is 4.31 Å². The second kappa shape index (κ2) is 8.92. The summed E-state index contributed by atoms with van der Waals surface area (Å²) in [7, 11) is -3.50. The largest absolute Gasteiger partial charge is 0.374 e. The minimum absolute atomic E-state index is 0.221. The van der Waals surface area contributed by atoms with Gasteiger partial charge in [-0.3, -0.25) is 4.79 Å². The highest BCUT2D eigenvalue weighted by molar-refractivity contribution is 7.89. The van der Waals surface area contributed by atoms with Gasteiger partial charge in [-0.15, -0.1) is 0 Å². The molecule has 1 saturated heterocycles. The number of halogens is 1. The van der Waals surface area contributed by atoms with Gasteiger partial charge in [0.1, 0.15) is 11.9 Å². The number of anilines is 2. The Hall–Kier alpha value is -2.45.